The van der Waals surface area contributed by atoms with Gasteiger partial charge in [-0.15, -0.1) is 12.4 Å². The standard InChI is InChI=1S/C17H17N3O.ClH/c1-2-6-16(21)18-13-8-5-7-12(11-13)17-19-14-9-3-4-10-15(14)20-17;/h3-5,7-11H,2,6H2,1H3,(H,18,21)(H,19,20);1H. The third-order valence-electron chi connectivity index (χ3n) is 3.29. The van der Waals surface area contributed by atoms with Gasteiger partial charge in [0, 0.05) is 17.7 Å². The van der Waals surface area contributed by atoms with Gasteiger partial charge >= 0.3 is 0 Å². The first kappa shape index (κ1) is 16.0. The topological polar surface area (TPSA) is 57.8 Å². The number of halogens is 1. The van der Waals surface area contributed by atoms with Crippen LogP contribution in [-0.4, -0.2) is 15.9 Å². The number of aromatic amines is 1. The number of hydrogen-bond donors (Lipinski definition) is 2. The van der Waals surface area contributed by atoms with Crippen molar-refractivity contribution in [1.29, 1.82) is 0 Å². The number of para-hydroxylation sites is 2. The molecule has 0 bridgehead atoms. The van der Waals surface area contributed by atoms with E-state index in [2.05, 4.69) is 15.3 Å². The van der Waals surface area contributed by atoms with Gasteiger partial charge < -0.3 is 10.3 Å². The molecule has 4 nitrogen and oxygen atoms in total. The minimum absolute atomic E-state index is 0. The lowest BCUT2D eigenvalue weighted by Gasteiger charge is -2.05. The summed E-state index contributed by atoms with van der Waals surface area (Å²) in [4.78, 5) is 19.5. The Kier molecular flexibility index (Phi) is 5.17. The number of benzene rings is 2. The number of rotatable bonds is 4. The highest BCUT2D eigenvalue weighted by molar-refractivity contribution is 5.91. The largest absolute Gasteiger partial charge is 0.338 e. The SMILES string of the molecule is CCCC(=O)Nc1cccc(-c2nc3ccccc3[nH]2)c1.Cl. The molecule has 0 aliphatic heterocycles. The molecule has 0 radical (unpaired) electrons. The van der Waals surface area contributed by atoms with Crippen LogP contribution in [-0.2, 0) is 4.79 Å². The molecular weight excluding hydrogens is 298 g/mol. The molecule has 5 heteroatoms. The number of H-pyrrole nitrogens is 1. The Hall–Kier alpha value is -2.33. The highest BCUT2D eigenvalue weighted by Gasteiger charge is 2.06. The van der Waals surface area contributed by atoms with Crippen LogP contribution >= 0.6 is 12.4 Å². The Morgan fingerprint density at radius 2 is 2.00 bits per heavy atom. The summed E-state index contributed by atoms with van der Waals surface area (Å²) in [6.45, 7) is 1.99. The lowest BCUT2D eigenvalue weighted by atomic mass is 10.2. The van der Waals surface area contributed by atoms with Gasteiger partial charge in [0.1, 0.15) is 5.82 Å². The van der Waals surface area contributed by atoms with E-state index in [4.69, 9.17) is 0 Å². The minimum atomic E-state index is 0. The van der Waals surface area contributed by atoms with Gasteiger partial charge in [-0.3, -0.25) is 4.79 Å². The number of aromatic nitrogens is 2. The van der Waals surface area contributed by atoms with Crippen molar-refractivity contribution < 1.29 is 4.79 Å². The van der Waals surface area contributed by atoms with Gasteiger partial charge in [0.15, 0.2) is 0 Å². The summed E-state index contributed by atoms with van der Waals surface area (Å²) < 4.78 is 0. The number of nitrogens with zero attached hydrogens (tertiary/aromatic N) is 1. The zero-order valence-electron chi connectivity index (χ0n) is 12.3. The lowest BCUT2D eigenvalue weighted by molar-refractivity contribution is -0.116. The average Bonchev–Trinajstić information content (AvgIpc) is 2.91. The van der Waals surface area contributed by atoms with Gasteiger partial charge in [-0.2, -0.15) is 0 Å². The predicted molar refractivity (Wildman–Crippen MR) is 92.3 cm³/mol. The molecule has 0 saturated heterocycles. The Labute approximate surface area is 135 Å². The molecule has 0 atom stereocenters. The van der Waals surface area contributed by atoms with Crippen molar-refractivity contribution in [3.63, 3.8) is 0 Å². The van der Waals surface area contributed by atoms with Crippen LogP contribution in [0.5, 0.6) is 0 Å². The molecule has 2 N–H and O–H groups in total. The van der Waals surface area contributed by atoms with Crippen molar-refractivity contribution in [2.75, 3.05) is 5.32 Å². The molecule has 0 spiro atoms. The van der Waals surface area contributed by atoms with Gasteiger partial charge in [-0.25, -0.2) is 4.98 Å². The van der Waals surface area contributed by atoms with Crippen molar-refractivity contribution in [1.82, 2.24) is 9.97 Å². The number of carbonyl (C=O) groups is 1. The summed E-state index contributed by atoms with van der Waals surface area (Å²) in [7, 11) is 0. The third kappa shape index (κ3) is 3.46. The smallest absolute Gasteiger partial charge is 0.224 e. The molecule has 0 aliphatic carbocycles. The highest BCUT2D eigenvalue weighted by atomic mass is 35.5. The highest BCUT2D eigenvalue weighted by Crippen LogP contribution is 2.23. The van der Waals surface area contributed by atoms with E-state index < -0.39 is 0 Å². The molecule has 3 aromatic rings. The molecule has 1 amide bonds. The van der Waals surface area contributed by atoms with Crippen molar-refractivity contribution in [3.05, 3.63) is 48.5 Å². The van der Waals surface area contributed by atoms with Crippen LogP contribution < -0.4 is 5.32 Å². The summed E-state index contributed by atoms with van der Waals surface area (Å²) >= 11 is 0. The van der Waals surface area contributed by atoms with Crippen molar-refractivity contribution in [3.8, 4) is 11.4 Å². The van der Waals surface area contributed by atoms with Gasteiger partial charge in [0.2, 0.25) is 5.91 Å². The minimum Gasteiger partial charge on any atom is -0.338 e. The van der Waals surface area contributed by atoms with Crippen LogP contribution in [0.15, 0.2) is 48.5 Å². The van der Waals surface area contributed by atoms with Crippen LogP contribution in [0.25, 0.3) is 22.4 Å². The predicted octanol–water partition coefficient (Wildman–Crippen LogP) is 4.39. The quantitative estimate of drug-likeness (QED) is 0.750. The summed E-state index contributed by atoms with van der Waals surface area (Å²) in [6.07, 6.45) is 1.38. The maximum absolute atomic E-state index is 11.7. The lowest BCUT2D eigenvalue weighted by Crippen LogP contribution is -2.10. The average molecular weight is 316 g/mol. The molecule has 114 valence electrons. The van der Waals surface area contributed by atoms with Crippen molar-refractivity contribution in [2.45, 2.75) is 19.8 Å². The fraction of sp³-hybridized carbons (Fsp3) is 0.176. The Balaban J connectivity index is 0.00000176. The number of hydrogen-bond acceptors (Lipinski definition) is 2. The zero-order chi connectivity index (χ0) is 14.7. The Bertz CT molecular complexity index is 749. The van der Waals surface area contributed by atoms with Crippen molar-refractivity contribution >= 4 is 35.0 Å². The van der Waals surface area contributed by atoms with Gasteiger partial charge in [0.25, 0.3) is 0 Å². The maximum atomic E-state index is 11.7. The third-order valence-corrected chi connectivity index (χ3v) is 3.29. The van der Waals surface area contributed by atoms with Gasteiger partial charge in [0.05, 0.1) is 11.0 Å². The number of imidazole rings is 1. The molecule has 1 aromatic heterocycles. The molecule has 22 heavy (non-hydrogen) atoms. The summed E-state index contributed by atoms with van der Waals surface area (Å²) in [5.74, 6) is 0.849. The van der Waals surface area contributed by atoms with Gasteiger partial charge in [-0.1, -0.05) is 31.2 Å². The van der Waals surface area contributed by atoms with Crippen LogP contribution in [0.4, 0.5) is 5.69 Å². The molecule has 0 unspecified atom stereocenters. The van der Waals surface area contributed by atoms with E-state index in [-0.39, 0.29) is 18.3 Å². The van der Waals surface area contributed by atoms with E-state index in [1.165, 1.54) is 0 Å². The Morgan fingerprint density at radius 3 is 2.77 bits per heavy atom. The first-order chi connectivity index (χ1) is 10.3. The summed E-state index contributed by atoms with van der Waals surface area (Å²) in [6, 6.07) is 15.6. The molecule has 0 fully saturated rings. The number of fused-ring (bicyclic) bond motifs is 1. The van der Waals surface area contributed by atoms with E-state index in [0.717, 1.165) is 34.5 Å². The number of amides is 1. The Morgan fingerprint density at radius 1 is 1.18 bits per heavy atom. The van der Waals surface area contributed by atoms with Crippen LogP contribution in [0.2, 0.25) is 0 Å². The fourth-order valence-electron chi connectivity index (χ4n) is 2.28. The first-order valence-electron chi connectivity index (χ1n) is 7.11. The number of carbonyl (C=O) groups excluding carboxylic acids is 1. The van der Waals surface area contributed by atoms with E-state index >= 15 is 0 Å². The van der Waals surface area contributed by atoms with Crippen LogP contribution in [0.1, 0.15) is 19.8 Å². The monoisotopic (exact) mass is 315 g/mol. The second-order valence-corrected chi connectivity index (χ2v) is 4.98. The zero-order valence-corrected chi connectivity index (χ0v) is 13.1. The number of nitrogens with one attached hydrogen (secondary N) is 2. The second-order valence-electron chi connectivity index (χ2n) is 4.98. The van der Waals surface area contributed by atoms with E-state index in [0.29, 0.717) is 6.42 Å². The summed E-state index contributed by atoms with van der Waals surface area (Å²) in [5.41, 5.74) is 3.70. The van der Waals surface area contributed by atoms with E-state index in [1.807, 2.05) is 55.5 Å². The molecule has 3 rings (SSSR count). The maximum Gasteiger partial charge on any atom is 0.224 e. The van der Waals surface area contributed by atoms with E-state index in [9.17, 15) is 4.79 Å². The van der Waals surface area contributed by atoms with Gasteiger partial charge in [-0.05, 0) is 30.7 Å². The van der Waals surface area contributed by atoms with Crippen LogP contribution in [0.3, 0.4) is 0 Å². The van der Waals surface area contributed by atoms with Crippen LogP contribution in [0, 0.1) is 0 Å². The van der Waals surface area contributed by atoms with E-state index in [1.54, 1.807) is 0 Å². The number of anilines is 1. The first-order valence-corrected chi connectivity index (χ1v) is 7.11. The van der Waals surface area contributed by atoms with Crippen molar-refractivity contribution in [2.24, 2.45) is 0 Å². The molecule has 0 saturated carbocycles. The normalized spacial score (nSPS) is 10.2. The molecular formula is C17H18ClN3O. The summed E-state index contributed by atoms with van der Waals surface area (Å²) in [5, 5.41) is 2.91. The molecule has 2 aromatic carbocycles. The molecule has 0 aliphatic rings. The second kappa shape index (κ2) is 7.09. The molecule has 1 heterocycles. The fourth-order valence-corrected chi connectivity index (χ4v) is 2.28.